The van der Waals surface area contributed by atoms with E-state index in [2.05, 4.69) is 5.32 Å². The second-order valence-electron chi connectivity index (χ2n) is 8.12. The molecule has 0 unspecified atom stereocenters. The van der Waals surface area contributed by atoms with Crippen LogP contribution < -0.4 is 5.32 Å². The highest BCUT2D eigenvalue weighted by Crippen LogP contribution is 2.46. The highest BCUT2D eigenvalue weighted by Gasteiger charge is 2.59. The lowest BCUT2D eigenvalue weighted by Crippen LogP contribution is -2.63. The fourth-order valence-corrected chi connectivity index (χ4v) is 5.33. The number of carbonyl (C=O) groups is 2. The predicted molar refractivity (Wildman–Crippen MR) is 122 cm³/mol. The van der Waals surface area contributed by atoms with Crippen molar-refractivity contribution in [2.75, 3.05) is 13.7 Å². The van der Waals surface area contributed by atoms with Gasteiger partial charge in [0, 0.05) is 11.3 Å². The molecule has 2 fully saturated rings. The van der Waals surface area contributed by atoms with Crippen LogP contribution in [0.1, 0.15) is 12.0 Å². The van der Waals surface area contributed by atoms with Gasteiger partial charge in [-0.25, -0.2) is 9.59 Å². The van der Waals surface area contributed by atoms with Gasteiger partial charge in [0.2, 0.25) is 4.93 Å². The molecule has 10 heteroatoms. The van der Waals surface area contributed by atoms with Gasteiger partial charge in [-0.05, 0) is 17.7 Å². The summed E-state index contributed by atoms with van der Waals surface area (Å²) in [5, 5.41) is 24.3. The van der Waals surface area contributed by atoms with Crippen LogP contribution in [-0.4, -0.2) is 71.4 Å². The molecule has 0 aromatic heterocycles. The molecule has 4 rings (SSSR count). The van der Waals surface area contributed by atoms with E-state index in [0.717, 1.165) is 22.2 Å². The first kappa shape index (κ1) is 24.5. The van der Waals surface area contributed by atoms with E-state index in [1.54, 1.807) is 12.1 Å². The van der Waals surface area contributed by atoms with E-state index in [1.807, 2.05) is 48.5 Å². The fourth-order valence-electron chi connectivity index (χ4n) is 4.09. The third-order valence-electron chi connectivity index (χ3n) is 5.75. The average Bonchev–Trinajstić information content (AvgIpc) is 3.23. The SMILES string of the molecule is COC(=O)[C@]1(Sc2ccccc2)C[C@@H]2OC(=O)N[C@H]2[C@H]([C@H](O)[C@H](O)COCc2ccccc2)O1. The van der Waals surface area contributed by atoms with E-state index in [0.29, 0.717) is 0 Å². The maximum atomic E-state index is 12.9. The highest BCUT2D eigenvalue weighted by atomic mass is 32.2. The largest absolute Gasteiger partial charge is 0.466 e. The number of alkyl carbamates (subject to hydrolysis) is 1. The summed E-state index contributed by atoms with van der Waals surface area (Å²) in [5.41, 5.74) is 0.915. The average molecular weight is 490 g/mol. The fraction of sp³-hybridized carbons (Fsp3) is 0.417. The summed E-state index contributed by atoms with van der Waals surface area (Å²) < 4.78 is 22.1. The number of hydrogen-bond donors (Lipinski definition) is 3. The Morgan fingerprint density at radius 1 is 1.18 bits per heavy atom. The molecule has 0 bridgehead atoms. The van der Waals surface area contributed by atoms with E-state index in [9.17, 15) is 19.8 Å². The maximum Gasteiger partial charge on any atom is 0.407 e. The van der Waals surface area contributed by atoms with Gasteiger partial charge in [-0.1, -0.05) is 60.3 Å². The zero-order chi connectivity index (χ0) is 24.1. The van der Waals surface area contributed by atoms with Crippen LogP contribution in [0.15, 0.2) is 65.6 Å². The highest BCUT2D eigenvalue weighted by molar-refractivity contribution is 8.01. The number of thioether (sulfide) groups is 1. The van der Waals surface area contributed by atoms with Crippen molar-refractivity contribution in [3.05, 3.63) is 66.2 Å². The lowest BCUT2D eigenvalue weighted by atomic mass is 9.90. The molecular weight excluding hydrogens is 462 g/mol. The first-order chi connectivity index (χ1) is 16.4. The first-order valence-electron chi connectivity index (χ1n) is 10.9. The van der Waals surface area contributed by atoms with Crippen LogP contribution in [0.2, 0.25) is 0 Å². The van der Waals surface area contributed by atoms with E-state index in [4.69, 9.17) is 18.9 Å². The van der Waals surface area contributed by atoms with Gasteiger partial charge in [-0.2, -0.15) is 0 Å². The number of methoxy groups -OCH3 is 1. The van der Waals surface area contributed by atoms with Gasteiger partial charge in [0.05, 0.1) is 26.4 Å². The molecule has 9 nitrogen and oxygen atoms in total. The summed E-state index contributed by atoms with van der Waals surface area (Å²) >= 11 is 1.10. The van der Waals surface area contributed by atoms with Crippen LogP contribution in [0.3, 0.4) is 0 Å². The minimum Gasteiger partial charge on any atom is -0.466 e. The molecule has 0 spiro atoms. The van der Waals surface area contributed by atoms with Crippen molar-refractivity contribution in [2.24, 2.45) is 0 Å². The molecule has 0 aliphatic carbocycles. The number of aliphatic hydroxyl groups is 2. The summed E-state index contributed by atoms with van der Waals surface area (Å²) in [6.45, 7) is 0.0666. The molecule has 2 aromatic rings. The van der Waals surface area contributed by atoms with Crippen molar-refractivity contribution in [2.45, 2.75) is 53.3 Å². The molecule has 2 aliphatic heterocycles. The lowest BCUT2D eigenvalue weighted by molar-refractivity contribution is -0.200. The Hall–Kier alpha value is -2.63. The van der Waals surface area contributed by atoms with Crippen molar-refractivity contribution < 1.29 is 38.7 Å². The summed E-state index contributed by atoms with van der Waals surface area (Å²) in [6.07, 6.45) is -5.43. The Labute approximate surface area is 201 Å². The molecule has 2 aromatic carbocycles. The van der Waals surface area contributed by atoms with Gasteiger partial charge in [0.1, 0.15) is 24.4 Å². The molecule has 2 heterocycles. The number of ether oxygens (including phenoxy) is 4. The first-order valence-corrected chi connectivity index (χ1v) is 11.7. The topological polar surface area (TPSA) is 124 Å². The van der Waals surface area contributed by atoms with E-state index in [1.165, 1.54) is 7.11 Å². The second kappa shape index (κ2) is 10.7. The minimum atomic E-state index is -1.60. The van der Waals surface area contributed by atoms with Gasteiger partial charge < -0.3 is 34.5 Å². The third kappa shape index (κ3) is 5.37. The van der Waals surface area contributed by atoms with Crippen molar-refractivity contribution in [3.63, 3.8) is 0 Å². The van der Waals surface area contributed by atoms with Crippen LogP contribution in [0, 0.1) is 0 Å². The second-order valence-corrected chi connectivity index (χ2v) is 9.45. The van der Waals surface area contributed by atoms with Crippen LogP contribution in [0.25, 0.3) is 0 Å². The van der Waals surface area contributed by atoms with Crippen molar-refractivity contribution in [3.8, 4) is 0 Å². The molecule has 1 amide bonds. The number of benzene rings is 2. The molecule has 34 heavy (non-hydrogen) atoms. The zero-order valence-corrected chi connectivity index (χ0v) is 19.4. The third-order valence-corrected chi connectivity index (χ3v) is 7.01. The van der Waals surface area contributed by atoms with Crippen LogP contribution >= 0.6 is 11.8 Å². The Kier molecular flexibility index (Phi) is 7.74. The quantitative estimate of drug-likeness (QED) is 0.453. The molecule has 182 valence electrons. The Balaban J connectivity index is 1.52. The van der Waals surface area contributed by atoms with Crippen molar-refractivity contribution in [1.82, 2.24) is 5.32 Å². The monoisotopic (exact) mass is 489 g/mol. The van der Waals surface area contributed by atoms with E-state index < -0.39 is 47.5 Å². The number of aliphatic hydroxyl groups excluding tert-OH is 2. The number of esters is 1. The van der Waals surface area contributed by atoms with Gasteiger partial charge >= 0.3 is 12.1 Å². The number of rotatable bonds is 9. The Bertz CT molecular complexity index is 977. The van der Waals surface area contributed by atoms with Gasteiger partial charge in [0.25, 0.3) is 0 Å². The molecule has 0 radical (unpaired) electrons. The van der Waals surface area contributed by atoms with Crippen LogP contribution in [-0.2, 0) is 30.3 Å². The number of amides is 1. The molecule has 6 atom stereocenters. The maximum absolute atomic E-state index is 12.9. The van der Waals surface area contributed by atoms with Gasteiger partial charge in [0.15, 0.2) is 0 Å². The number of nitrogens with one attached hydrogen (secondary N) is 1. The normalized spacial score (nSPS) is 27.7. The Morgan fingerprint density at radius 2 is 1.85 bits per heavy atom. The van der Waals surface area contributed by atoms with Crippen molar-refractivity contribution in [1.29, 1.82) is 0 Å². The number of fused-ring (bicyclic) bond motifs is 1. The smallest absolute Gasteiger partial charge is 0.407 e. The molecular formula is C24H27NO8S. The molecule has 2 aliphatic rings. The molecule has 2 saturated heterocycles. The number of hydrogen-bond acceptors (Lipinski definition) is 9. The predicted octanol–water partition coefficient (Wildman–Crippen LogP) is 1.85. The lowest BCUT2D eigenvalue weighted by Gasteiger charge is -2.44. The summed E-state index contributed by atoms with van der Waals surface area (Å²) in [6, 6.07) is 17.7. The zero-order valence-electron chi connectivity index (χ0n) is 18.5. The van der Waals surface area contributed by atoms with Gasteiger partial charge in [-0.3, -0.25) is 0 Å². The van der Waals surface area contributed by atoms with Gasteiger partial charge in [-0.15, -0.1) is 0 Å². The van der Waals surface area contributed by atoms with Crippen LogP contribution in [0.4, 0.5) is 4.79 Å². The summed E-state index contributed by atoms with van der Waals surface area (Å²) in [5.74, 6) is -0.685. The number of carbonyl (C=O) groups excluding carboxylic acids is 2. The summed E-state index contributed by atoms with van der Waals surface area (Å²) in [4.78, 5) is 24.1. The standard InChI is InChI=1S/C24H27NO8S/c1-30-22(28)24(34-16-10-6-3-7-11-16)12-18-19(25-23(29)32-18)21(33-24)20(27)17(26)14-31-13-15-8-4-2-5-9-15/h2-11,17-21,26-27H,12-14H2,1H3,(H,25,29)/t17-,18+,19-,20-,21-,24-/m1/s1. The molecule has 3 N–H and O–H groups in total. The minimum absolute atomic E-state index is 0.00641. The van der Waals surface area contributed by atoms with Crippen molar-refractivity contribution >= 4 is 23.8 Å². The summed E-state index contributed by atoms with van der Waals surface area (Å²) in [7, 11) is 1.24. The van der Waals surface area contributed by atoms with E-state index >= 15 is 0 Å². The Morgan fingerprint density at radius 3 is 2.53 bits per heavy atom. The van der Waals surface area contributed by atoms with E-state index in [-0.39, 0.29) is 19.6 Å². The van der Waals surface area contributed by atoms with Crippen LogP contribution in [0.5, 0.6) is 0 Å². The molecule has 0 saturated carbocycles.